The number of hydrogen-bond acceptors (Lipinski definition) is 0. The summed E-state index contributed by atoms with van der Waals surface area (Å²) in [5, 5.41) is 0. The van der Waals surface area contributed by atoms with Crippen LogP contribution in [0.1, 0.15) is 306 Å². The minimum absolute atomic E-state index is 0. The molecule has 5 fully saturated rings. The molecule has 0 heterocycles. The van der Waals surface area contributed by atoms with Gasteiger partial charge in [0.05, 0.1) is 0 Å². The minimum atomic E-state index is 0. The number of rotatable bonds is 10. The monoisotopic (exact) mass is 797 g/mol. The lowest BCUT2D eigenvalue weighted by Crippen LogP contribution is -2.12. The van der Waals surface area contributed by atoms with Crippen molar-refractivity contribution < 1.29 is 0 Å². The van der Waals surface area contributed by atoms with Crippen molar-refractivity contribution in [2.75, 3.05) is 0 Å². The first-order chi connectivity index (χ1) is 26.4. The predicted molar refractivity (Wildman–Crippen MR) is 271 cm³/mol. The fraction of sp³-hybridized carbons (Fsp3) is 1.00. The quantitative estimate of drug-likeness (QED) is 0.193. The van der Waals surface area contributed by atoms with Gasteiger partial charge >= 0.3 is 0 Å². The zero-order chi connectivity index (χ0) is 43.5. The van der Waals surface area contributed by atoms with Gasteiger partial charge in [-0.25, -0.2) is 0 Å². The molecule has 0 N–H and O–H groups in total. The van der Waals surface area contributed by atoms with Crippen molar-refractivity contribution in [2.45, 2.75) is 306 Å². The molecule has 5 aliphatic rings. The first-order valence-corrected chi connectivity index (χ1v) is 26.4. The summed E-state index contributed by atoms with van der Waals surface area (Å²) in [4.78, 5) is 0. The van der Waals surface area contributed by atoms with Gasteiger partial charge < -0.3 is 0 Å². The Balaban J connectivity index is -0.000000132. The molecule has 0 aromatic carbocycles. The third-order valence-electron chi connectivity index (χ3n) is 11.1. The minimum Gasteiger partial charge on any atom is -0.0776 e. The molecule has 0 unspecified atom stereocenters. The Hall–Kier alpha value is 0. The van der Waals surface area contributed by atoms with Gasteiger partial charge in [-0.3, -0.25) is 0 Å². The lowest BCUT2D eigenvalue weighted by atomic mass is 9.80. The summed E-state index contributed by atoms with van der Waals surface area (Å²) in [6.45, 7) is 43.3. The Morgan fingerprint density at radius 2 is 0.375 bits per heavy atom. The van der Waals surface area contributed by atoms with Gasteiger partial charge in [0.1, 0.15) is 0 Å². The molecule has 0 radical (unpaired) electrons. The van der Waals surface area contributed by atoms with E-state index in [9.17, 15) is 0 Å². The van der Waals surface area contributed by atoms with Crippen molar-refractivity contribution in [2.24, 2.45) is 59.2 Å². The molecule has 5 saturated carbocycles. The maximum atomic E-state index is 2.35. The molecule has 0 nitrogen and oxygen atoms in total. The van der Waals surface area contributed by atoms with Crippen LogP contribution in [0.3, 0.4) is 0 Å². The second-order valence-electron chi connectivity index (χ2n) is 18.9. The average Bonchev–Trinajstić information content (AvgIpc) is 3.89. The van der Waals surface area contributed by atoms with Gasteiger partial charge in [0, 0.05) is 0 Å². The molecule has 0 heteroatoms. The fourth-order valence-corrected chi connectivity index (χ4v) is 8.68. The van der Waals surface area contributed by atoms with Crippen LogP contribution in [-0.4, -0.2) is 0 Å². The van der Waals surface area contributed by atoms with Crippen molar-refractivity contribution in [3.05, 3.63) is 0 Å². The third kappa shape index (κ3) is 54.0. The van der Waals surface area contributed by atoms with E-state index in [1.54, 1.807) is 0 Å². The van der Waals surface area contributed by atoms with E-state index in [0.29, 0.717) is 0 Å². The van der Waals surface area contributed by atoms with Crippen molar-refractivity contribution in [1.29, 1.82) is 0 Å². The Labute approximate surface area is 364 Å². The summed E-state index contributed by atoms with van der Waals surface area (Å²) in [6.07, 6.45) is 37.4. The van der Waals surface area contributed by atoms with Crippen LogP contribution < -0.4 is 0 Å². The van der Waals surface area contributed by atoms with E-state index in [-0.39, 0.29) is 7.43 Å². The lowest BCUT2D eigenvalue weighted by molar-refractivity contribution is 0.264. The van der Waals surface area contributed by atoms with E-state index in [4.69, 9.17) is 0 Å². The van der Waals surface area contributed by atoms with E-state index < -0.39 is 0 Å². The maximum absolute atomic E-state index is 2.35. The van der Waals surface area contributed by atoms with Gasteiger partial charge in [-0.2, -0.15) is 0 Å². The van der Waals surface area contributed by atoms with Crippen LogP contribution in [-0.2, 0) is 0 Å². The van der Waals surface area contributed by atoms with Crippen LogP contribution >= 0.6 is 0 Å². The first-order valence-electron chi connectivity index (χ1n) is 26.4. The summed E-state index contributed by atoms with van der Waals surface area (Å²) in [6, 6.07) is 0. The van der Waals surface area contributed by atoms with Crippen molar-refractivity contribution in [3.63, 3.8) is 0 Å². The number of hydrogen-bond donors (Lipinski definition) is 0. The molecule has 0 amide bonds. The smallest absolute Gasteiger partial charge is 0.0412 e. The highest BCUT2D eigenvalue weighted by Crippen LogP contribution is 2.35. The molecule has 0 spiro atoms. The van der Waals surface area contributed by atoms with Crippen molar-refractivity contribution >= 4 is 0 Å². The highest BCUT2D eigenvalue weighted by molar-refractivity contribution is 4.74. The molecular weight excluding hydrogens is 673 g/mol. The largest absolute Gasteiger partial charge is 0.0776 e. The summed E-state index contributed by atoms with van der Waals surface area (Å²) in [7, 11) is 0. The summed E-state index contributed by atoms with van der Waals surface area (Å²) in [5.74, 6) is 10.1. The zero-order valence-electron chi connectivity index (χ0n) is 43.5. The van der Waals surface area contributed by atoms with Gasteiger partial charge in [-0.15, -0.1) is 0 Å². The average molecular weight is 798 g/mol. The molecule has 0 aromatic rings. The van der Waals surface area contributed by atoms with Crippen molar-refractivity contribution in [3.8, 4) is 0 Å². The Bertz CT molecular complexity index is 598. The SMILES string of the molecule is C.CC.CC.CC.CC.CC.CC(C)CC1CC1.CC(C)CC1CCC1.CC(C)CC1CCCC1.CC(C)CC1CCCCC1.CC(C)CC1CCCCCC1. The van der Waals surface area contributed by atoms with Gasteiger partial charge in [-0.1, -0.05) is 274 Å². The summed E-state index contributed by atoms with van der Waals surface area (Å²) in [5.41, 5.74) is 0. The molecule has 0 bridgehead atoms. The topological polar surface area (TPSA) is 0 Å². The van der Waals surface area contributed by atoms with E-state index in [0.717, 1.165) is 59.2 Å². The standard InChI is InChI=1S/C11H22.C10H20.C9H18.C8H16.C7H14.5C2H6.CH4/c1-10(2)9-11-7-5-3-4-6-8-11;1-9(2)8-10-6-4-3-5-7-10;1-8(2)7-9-5-3-4-6-9;1-7(2)6-8-4-3-5-8;1-6(2)5-7-3-4-7;5*1-2;/h10-11H,3-9H2,1-2H3;9-10H,3-8H2,1-2H3;8-9H,3-7H2,1-2H3;7-8H,3-6H2,1-2H3;6-7H,3-5H2,1-2H3;5*1-2H3;1H4. The van der Waals surface area contributed by atoms with E-state index >= 15 is 0 Å². The molecule has 0 atom stereocenters. The molecule has 5 aliphatic carbocycles. The third-order valence-corrected chi connectivity index (χ3v) is 11.1. The summed E-state index contributed by atoms with van der Waals surface area (Å²) >= 11 is 0. The van der Waals surface area contributed by atoms with Crippen molar-refractivity contribution in [1.82, 2.24) is 0 Å². The fourth-order valence-electron chi connectivity index (χ4n) is 8.68. The molecule has 0 saturated heterocycles. The first kappa shape index (κ1) is 67.8. The predicted octanol–water partition coefficient (Wildman–Crippen LogP) is 21.9. The maximum Gasteiger partial charge on any atom is -0.0412 e. The highest BCUT2D eigenvalue weighted by Gasteiger charge is 2.21. The van der Waals surface area contributed by atoms with Crippen LogP contribution in [0.5, 0.6) is 0 Å². The van der Waals surface area contributed by atoms with Crippen LogP contribution in [0.15, 0.2) is 0 Å². The molecular formula is C56H124. The normalized spacial score (nSPS) is 17.9. The second-order valence-corrected chi connectivity index (χ2v) is 18.9. The molecule has 56 heavy (non-hydrogen) atoms. The zero-order valence-corrected chi connectivity index (χ0v) is 43.5. The van der Waals surface area contributed by atoms with Crippen LogP contribution in [0.25, 0.3) is 0 Å². The van der Waals surface area contributed by atoms with Crippen LogP contribution in [0, 0.1) is 59.2 Å². The molecule has 0 aliphatic heterocycles. The lowest BCUT2D eigenvalue weighted by Gasteiger charge is -2.26. The van der Waals surface area contributed by atoms with E-state index in [1.165, 1.54) is 161 Å². The Morgan fingerprint density at radius 1 is 0.232 bits per heavy atom. The van der Waals surface area contributed by atoms with Gasteiger partial charge in [0.2, 0.25) is 0 Å². The highest BCUT2D eigenvalue weighted by atomic mass is 14.3. The molecule has 5 rings (SSSR count). The van der Waals surface area contributed by atoms with Gasteiger partial charge in [-0.05, 0) is 91.3 Å². The summed E-state index contributed by atoms with van der Waals surface area (Å²) < 4.78 is 0. The second kappa shape index (κ2) is 53.0. The van der Waals surface area contributed by atoms with Crippen LogP contribution in [0.2, 0.25) is 0 Å². The molecule has 0 aromatic heterocycles. The Kier molecular flexibility index (Phi) is 64.2. The van der Waals surface area contributed by atoms with Gasteiger partial charge in [0.25, 0.3) is 0 Å². The Morgan fingerprint density at radius 3 is 0.518 bits per heavy atom. The molecule has 348 valence electrons. The van der Waals surface area contributed by atoms with E-state index in [2.05, 4.69) is 69.2 Å². The van der Waals surface area contributed by atoms with Crippen LogP contribution in [0.4, 0.5) is 0 Å². The van der Waals surface area contributed by atoms with Gasteiger partial charge in [0.15, 0.2) is 0 Å². The van der Waals surface area contributed by atoms with E-state index in [1.807, 2.05) is 69.2 Å².